The van der Waals surface area contributed by atoms with E-state index in [2.05, 4.69) is 30.2 Å². The van der Waals surface area contributed by atoms with Crippen LogP contribution < -0.4 is 0 Å². The Balaban J connectivity index is 0.000000336. The molecule has 0 saturated heterocycles. The molecule has 0 bridgehead atoms. The van der Waals surface area contributed by atoms with Crippen LogP contribution >= 0.6 is 0 Å². The Morgan fingerprint density at radius 1 is 1.25 bits per heavy atom. The predicted molar refractivity (Wildman–Crippen MR) is 51.3 cm³/mol. The Labute approximate surface area is 72.9 Å². The maximum atomic E-state index is 4.01. The van der Waals surface area contributed by atoms with Gasteiger partial charge in [0.05, 0.1) is 18.0 Å². The van der Waals surface area contributed by atoms with Gasteiger partial charge in [-0.15, -0.1) is 0 Å². The van der Waals surface area contributed by atoms with Crippen molar-refractivity contribution in [3.63, 3.8) is 0 Å². The molecular formula is C10H14N2. The first-order chi connectivity index (χ1) is 5.86. The highest BCUT2D eigenvalue weighted by Crippen LogP contribution is 2.03. The van der Waals surface area contributed by atoms with E-state index in [1.54, 1.807) is 0 Å². The van der Waals surface area contributed by atoms with E-state index in [1.807, 2.05) is 30.8 Å². The summed E-state index contributed by atoms with van der Waals surface area (Å²) in [6.45, 7) is 6.07. The maximum Gasteiger partial charge on any atom is 0.0992 e. The predicted octanol–water partition coefficient (Wildman–Crippen LogP) is 2.67. The van der Waals surface area contributed by atoms with Crippen LogP contribution in [0.1, 0.15) is 19.4 Å². The molecule has 12 heavy (non-hydrogen) atoms. The first kappa shape index (κ1) is 8.78. The molecule has 0 spiro atoms. The number of aromatic nitrogens is 2. The standard InChI is InChI=1S/C8H8N2.C2H6/c1-7-2-3-8-4-9-6-10(8)5-7;1-2/h2-6H,1H3;1-2H3. The third kappa shape index (κ3) is 1.64. The van der Waals surface area contributed by atoms with Gasteiger partial charge in [-0.25, -0.2) is 4.98 Å². The molecule has 2 aromatic rings. The topological polar surface area (TPSA) is 17.3 Å². The van der Waals surface area contributed by atoms with Gasteiger partial charge in [-0.2, -0.15) is 0 Å². The lowest BCUT2D eigenvalue weighted by molar-refractivity contribution is 1.13. The molecule has 0 N–H and O–H groups in total. The van der Waals surface area contributed by atoms with Crippen molar-refractivity contribution >= 4 is 5.52 Å². The van der Waals surface area contributed by atoms with Gasteiger partial charge in [0, 0.05) is 6.20 Å². The van der Waals surface area contributed by atoms with Gasteiger partial charge in [0.25, 0.3) is 0 Å². The first-order valence-corrected chi connectivity index (χ1v) is 4.24. The molecule has 0 saturated carbocycles. The number of nitrogens with zero attached hydrogens (tertiary/aromatic N) is 2. The van der Waals surface area contributed by atoms with Crippen LogP contribution in [0.4, 0.5) is 0 Å². The van der Waals surface area contributed by atoms with E-state index in [1.165, 1.54) is 5.56 Å². The summed E-state index contributed by atoms with van der Waals surface area (Å²) < 4.78 is 2.01. The Hall–Kier alpha value is -1.31. The second kappa shape index (κ2) is 3.90. The summed E-state index contributed by atoms with van der Waals surface area (Å²) in [5, 5.41) is 0. The Bertz CT molecular complexity index is 349. The van der Waals surface area contributed by atoms with E-state index in [0.717, 1.165) is 5.52 Å². The number of aryl methyl sites for hydroxylation is 1. The number of rotatable bonds is 0. The van der Waals surface area contributed by atoms with Gasteiger partial charge < -0.3 is 4.40 Å². The van der Waals surface area contributed by atoms with E-state index in [0.29, 0.717) is 0 Å². The number of hydrogen-bond donors (Lipinski definition) is 0. The monoisotopic (exact) mass is 162 g/mol. The minimum atomic E-state index is 1.14. The molecule has 0 aliphatic carbocycles. The Morgan fingerprint density at radius 2 is 2.00 bits per heavy atom. The van der Waals surface area contributed by atoms with Crippen LogP contribution in [0.3, 0.4) is 0 Å². The molecule has 0 aliphatic rings. The van der Waals surface area contributed by atoms with Crippen molar-refractivity contribution in [2.45, 2.75) is 20.8 Å². The first-order valence-electron chi connectivity index (χ1n) is 4.24. The van der Waals surface area contributed by atoms with E-state index in [9.17, 15) is 0 Å². The average Bonchev–Trinajstić information content (AvgIpc) is 2.54. The normalized spacial score (nSPS) is 9.25. The Kier molecular flexibility index (Phi) is 2.86. The zero-order valence-electron chi connectivity index (χ0n) is 7.78. The van der Waals surface area contributed by atoms with Crippen molar-refractivity contribution in [2.24, 2.45) is 0 Å². The van der Waals surface area contributed by atoms with E-state index < -0.39 is 0 Å². The van der Waals surface area contributed by atoms with Crippen LogP contribution in [0.5, 0.6) is 0 Å². The SMILES string of the molecule is CC.Cc1ccc2cncn2c1. The van der Waals surface area contributed by atoms with Gasteiger partial charge in [-0.3, -0.25) is 0 Å². The lowest BCUT2D eigenvalue weighted by atomic mass is 10.3. The van der Waals surface area contributed by atoms with E-state index in [4.69, 9.17) is 0 Å². The lowest BCUT2D eigenvalue weighted by Crippen LogP contribution is -1.81. The maximum absolute atomic E-state index is 4.01. The highest BCUT2D eigenvalue weighted by Gasteiger charge is 1.89. The van der Waals surface area contributed by atoms with Gasteiger partial charge in [0.2, 0.25) is 0 Å². The third-order valence-electron chi connectivity index (χ3n) is 1.56. The highest BCUT2D eigenvalue weighted by atomic mass is 15.0. The van der Waals surface area contributed by atoms with Gasteiger partial charge >= 0.3 is 0 Å². The quantitative estimate of drug-likeness (QED) is 0.582. The van der Waals surface area contributed by atoms with E-state index in [-0.39, 0.29) is 0 Å². The average molecular weight is 162 g/mol. The summed E-state index contributed by atoms with van der Waals surface area (Å²) >= 11 is 0. The largest absolute Gasteiger partial charge is 0.306 e. The fraction of sp³-hybridized carbons (Fsp3) is 0.300. The van der Waals surface area contributed by atoms with Crippen molar-refractivity contribution in [1.29, 1.82) is 0 Å². The molecule has 0 radical (unpaired) electrons. The van der Waals surface area contributed by atoms with Crippen LogP contribution in [0.15, 0.2) is 30.9 Å². The molecule has 0 atom stereocenters. The molecule has 2 heterocycles. The fourth-order valence-electron chi connectivity index (χ4n) is 1.03. The van der Waals surface area contributed by atoms with Crippen molar-refractivity contribution in [3.8, 4) is 0 Å². The summed E-state index contributed by atoms with van der Waals surface area (Å²) in [5.41, 5.74) is 2.40. The van der Waals surface area contributed by atoms with Crippen LogP contribution in [0.2, 0.25) is 0 Å². The molecule has 2 nitrogen and oxygen atoms in total. The van der Waals surface area contributed by atoms with E-state index >= 15 is 0 Å². The number of fused-ring (bicyclic) bond motifs is 1. The highest BCUT2D eigenvalue weighted by molar-refractivity contribution is 5.44. The summed E-state index contributed by atoms with van der Waals surface area (Å²) in [4.78, 5) is 4.01. The molecule has 0 unspecified atom stereocenters. The molecule has 0 amide bonds. The second-order valence-corrected chi connectivity index (χ2v) is 2.43. The minimum absolute atomic E-state index is 1.14. The molecule has 64 valence electrons. The Morgan fingerprint density at radius 3 is 2.75 bits per heavy atom. The van der Waals surface area contributed by atoms with Gasteiger partial charge in [0.15, 0.2) is 0 Å². The summed E-state index contributed by atoms with van der Waals surface area (Å²) in [5.74, 6) is 0. The van der Waals surface area contributed by atoms with Gasteiger partial charge in [-0.05, 0) is 18.6 Å². The fourth-order valence-corrected chi connectivity index (χ4v) is 1.03. The lowest BCUT2D eigenvalue weighted by Gasteiger charge is -1.93. The molecule has 2 heteroatoms. The van der Waals surface area contributed by atoms with Crippen molar-refractivity contribution in [2.75, 3.05) is 0 Å². The molecular weight excluding hydrogens is 148 g/mol. The van der Waals surface area contributed by atoms with Gasteiger partial charge in [-0.1, -0.05) is 19.9 Å². The zero-order valence-corrected chi connectivity index (χ0v) is 7.78. The minimum Gasteiger partial charge on any atom is -0.306 e. The molecule has 2 rings (SSSR count). The summed E-state index contributed by atoms with van der Waals surface area (Å²) in [6.07, 6.45) is 5.71. The van der Waals surface area contributed by atoms with Crippen molar-refractivity contribution < 1.29 is 0 Å². The number of hydrogen-bond acceptors (Lipinski definition) is 1. The number of pyridine rings is 1. The zero-order chi connectivity index (χ0) is 8.97. The molecule has 0 aliphatic heterocycles. The van der Waals surface area contributed by atoms with Crippen LogP contribution in [0.25, 0.3) is 5.52 Å². The molecule has 0 aromatic carbocycles. The number of imidazole rings is 1. The van der Waals surface area contributed by atoms with Gasteiger partial charge in [0.1, 0.15) is 0 Å². The molecule has 0 fully saturated rings. The molecule has 2 aromatic heterocycles. The smallest absolute Gasteiger partial charge is 0.0992 e. The summed E-state index contributed by atoms with van der Waals surface area (Å²) in [6, 6.07) is 4.14. The van der Waals surface area contributed by atoms with Crippen LogP contribution in [0, 0.1) is 6.92 Å². The van der Waals surface area contributed by atoms with Crippen molar-refractivity contribution in [3.05, 3.63) is 36.4 Å². The van der Waals surface area contributed by atoms with Crippen LogP contribution in [-0.4, -0.2) is 9.38 Å². The van der Waals surface area contributed by atoms with Crippen LogP contribution in [-0.2, 0) is 0 Å². The summed E-state index contributed by atoms with van der Waals surface area (Å²) in [7, 11) is 0. The third-order valence-corrected chi connectivity index (χ3v) is 1.56. The van der Waals surface area contributed by atoms with Crippen molar-refractivity contribution in [1.82, 2.24) is 9.38 Å². The second-order valence-electron chi connectivity index (χ2n) is 2.43.